The van der Waals surface area contributed by atoms with Gasteiger partial charge in [0.1, 0.15) is 0 Å². The van der Waals surface area contributed by atoms with E-state index in [0.717, 1.165) is 19.5 Å². The topological polar surface area (TPSA) is 39.9 Å². The smallest absolute Gasteiger partial charge is 0.0684 e. The maximum absolute atomic E-state index is 8.92. The van der Waals surface area contributed by atoms with Gasteiger partial charge in [0.15, 0.2) is 0 Å². The number of pyridine rings is 1. The summed E-state index contributed by atoms with van der Waals surface area (Å²) < 4.78 is 0. The molecule has 0 saturated heterocycles. The molecule has 0 aliphatic rings. The van der Waals surface area contributed by atoms with E-state index in [9.17, 15) is 0 Å². The first kappa shape index (κ1) is 12.7. The highest BCUT2D eigenvalue weighted by Crippen LogP contribution is 2.18. The Labute approximate surface area is 97.7 Å². The molecule has 1 aromatic heterocycles. The molecule has 0 spiro atoms. The lowest BCUT2D eigenvalue weighted by Gasteiger charge is -2.21. The lowest BCUT2D eigenvalue weighted by atomic mass is 9.91. The van der Waals surface area contributed by atoms with Gasteiger partial charge in [-0.3, -0.25) is 4.98 Å². The highest BCUT2D eigenvalue weighted by atomic mass is 15.1. The van der Waals surface area contributed by atoms with Crippen molar-refractivity contribution in [2.45, 2.75) is 26.8 Å². The molecular formula is C13H19N3. The fraction of sp³-hybridized carbons (Fsp3) is 0.538. The molecule has 1 heterocycles. The van der Waals surface area contributed by atoms with Gasteiger partial charge in [0.2, 0.25) is 0 Å². The monoisotopic (exact) mass is 217 g/mol. The maximum Gasteiger partial charge on any atom is 0.0684 e. The second-order valence-corrected chi connectivity index (χ2v) is 4.84. The maximum atomic E-state index is 8.92. The molecule has 0 N–H and O–H groups in total. The van der Waals surface area contributed by atoms with Crippen LogP contribution < -0.4 is 0 Å². The molecule has 3 heteroatoms. The molecule has 1 rings (SSSR count). The molecule has 0 aromatic carbocycles. The van der Waals surface area contributed by atoms with E-state index in [0.29, 0.717) is 0 Å². The molecule has 3 nitrogen and oxygen atoms in total. The Morgan fingerprint density at radius 2 is 2.25 bits per heavy atom. The van der Waals surface area contributed by atoms with Gasteiger partial charge >= 0.3 is 0 Å². The van der Waals surface area contributed by atoms with Crippen LogP contribution in [0.4, 0.5) is 0 Å². The molecule has 0 bridgehead atoms. The van der Waals surface area contributed by atoms with Crippen LogP contribution in [-0.2, 0) is 6.54 Å². The zero-order valence-corrected chi connectivity index (χ0v) is 10.3. The molecule has 86 valence electrons. The van der Waals surface area contributed by atoms with Crippen molar-refractivity contribution in [1.82, 2.24) is 9.88 Å². The number of rotatable bonds is 5. The summed E-state index contributed by atoms with van der Waals surface area (Å²) in [4.78, 5) is 6.30. The minimum absolute atomic E-state index is 0.233. The van der Waals surface area contributed by atoms with E-state index in [1.54, 1.807) is 6.20 Å². The highest BCUT2D eigenvalue weighted by Gasteiger charge is 2.16. The molecule has 0 radical (unpaired) electrons. The molecule has 0 fully saturated rings. The third-order valence-corrected chi connectivity index (χ3v) is 2.60. The summed E-state index contributed by atoms with van der Waals surface area (Å²) in [5.41, 5.74) is 0.975. The van der Waals surface area contributed by atoms with Crippen LogP contribution >= 0.6 is 0 Å². The van der Waals surface area contributed by atoms with Gasteiger partial charge in [0.05, 0.1) is 11.5 Å². The van der Waals surface area contributed by atoms with E-state index in [1.807, 2.05) is 26.1 Å². The largest absolute Gasteiger partial charge is 0.302 e. The molecule has 0 unspecified atom stereocenters. The third kappa shape index (κ3) is 4.41. The second kappa shape index (κ2) is 5.62. The van der Waals surface area contributed by atoms with E-state index in [1.165, 1.54) is 5.56 Å². The molecule has 0 saturated carbocycles. The van der Waals surface area contributed by atoms with E-state index in [-0.39, 0.29) is 5.41 Å². The Balaban J connectivity index is 2.38. The summed E-state index contributed by atoms with van der Waals surface area (Å²) >= 11 is 0. The molecular weight excluding hydrogens is 198 g/mol. The minimum Gasteiger partial charge on any atom is -0.302 e. The summed E-state index contributed by atoms with van der Waals surface area (Å²) in [7, 11) is 2.07. The highest BCUT2D eigenvalue weighted by molar-refractivity contribution is 5.07. The normalized spacial score (nSPS) is 11.4. The van der Waals surface area contributed by atoms with Crippen LogP contribution in [-0.4, -0.2) is 23.5 Å². The van der Waals surface area contributed by atoms with Crippen LogP contribution in [0.25, 0.3) is 0 Å². The number of nitrogens with zero attached hydrogens (tertiary/aromatic N) is 3. The first-order valence-electron chi connectivity index (χ1n) is 5.52. The van der Waals surface area contributed by atoms with Crippen LogP contribution in [0.3, 0.4) is 0 Å². The van der Waals surface area contributed by atoms with Crippen LogP contribution in [0.1, 0.15) is 25.8 Å². The SMILES string of the molecule is CN(CCC(C)(C)C#N)Cc1cccnc1. The van der Waals surface area contributed by atoms with Gasteiger partial charge in [-0.2, -0.15) is 5.26 Å². The summed E-state index contributed by atoms with van der Waals surface area (Å²) in [6.07, 6.45) is 4.55. The third-order valence-electron chi connectivity index (χ3n) is 2.60. The van der Waals surface area contributed by atoms with Crippen LogP contribution in [0.5, 0.6) is 0 Å². The van der Waals surface area contributed by atoms with E-state index >= 15 is 0 Å². The molecule has 0 aliphatic heterocycles. The van der Waals surface area contributed by atoms with Gasteiger partial charge in [-0.25, -0.2) is 0 Å². The lowest BCUT2D eigenvalue weighted by Crippen LogP contribution is -2.23. The van der Waals surface area contributed by atoms with E-state index in [2.05, 4.69) is 29.1 Å². The summed E-state index contributed by atoms with van der Waals surface area (Å²) in [6.45, 7) is 5.76. The van der Waals surface area contributed by atoms with E-state index in [4.69, 9.17) is 5.26 Å². The molecule has 16 heavy (non-hydrogen) atoms. The summed E-state index contributed by atoms with van der Waals surface area (Å²) in [5, 5.41) is 8.92. The lowest BCUT2D eigenvalue weighted by molar-refractivity contribution is 0.280. The number of aromatic nitrogens is 1. The van der Waals surface area contributed by atoms with Gasteiger partial charge in [-0.05, 0) is 45.5 Å². The van der Waals surface area contributed by atoms with Crippen LogP contribution in [0.2, 0.25) is 0 Å². The van der Waals surface area contributed by atoms with Crippen molar-refractivity contribution in [3.8, 4) is 6.07 Å². The first-order chi connectivity index (χ1) is 7.53. The van der Waals surface area contributed by atoms with Crippen molar-refractivity contribution in [2.24, 2.45) is 5.41 Å². The fourth-order valence-electron chi connectivity index (χ4n) is 1.41. The Hall–Kier alpha value is -1.40. The van der Waals surface area contributed by atoms with Crippen molar-refractivity contribution in [2.75, 3.05) is 13.6 Å². The molecule has 0 amide bonds. The molecule has 0 atom stereocenters. The summed E-state index contributed by atoms with van der Waals surface area (Å²) in [5.74, 6) is 0. The van der Waals surface area contributed by atoms with E-state index < -0.39 is 0 Å². The Morgan fingerprint density at radius 3 is 2.81 bits per heavy atom. The molecule has 0 aliphatic carbocycles. The van der Waals surface area contributed by atoms with Crippen molar-refractivity contribution < 1.29 is 0 Å². The number of hydrogen-bond acceptors (Lipinski definition) is 3. The quantitative estimate of drug-likeness (QED) is 0.760. The number of hydrogen-bond donors (Lipinski definition) is 0. The summed E-state index contributed by atoms with van der Waals surface area (Å²) in [6, 6.07) is 6.34. The minimum atomic E-state index is -0.233. The van der Waals surface area contributed by atoms with Crippen molar-refractivity contribution in [1.29, 1.82) is 5.26 Å². The molecule has 1 aromatic rings. The van der Waals surface area contributed by atoms with Crippen molar-refractivity contribution in [3.63, 3.8) is 0 Å². The zero-order chi connectivity index (χ0) is 12.0. The van der Waals surface area contributed by atoms with Crippen molar-refractivity contribution in [3.05, 3.63) is 30.1 Å². The average molecular weight is 217 g/mol. The predicted molar refractivity (Wildman–Crippen MR) is 64.6 cm³/mol. The predicted octanol–water partition coefficient (Wildman–Crippen LogP) is 2.45. The van der Waals surface area contributed by atoms with Crippen molar-refractivity contribution >= 4 is 0 Å². The Morgan fingerprint density at radius 1 is 1.50 bits per heavy atom. The van der Waals surface area contributed by atoms with Gasteiger partial charge in [0, 0.05) is 18.9 Å². The van der Waals surface area contributed by atoms with Crippen LogP contribution in [0.15, 0.2) is 24.5 Å². The van der Waals surface area contributed by atoms with Crippen LogP contribution in [0, 0.1) is 16.7 Å². The Bertz CT molecular complexity index is 351. The zero-order valence-electron chi connectivity index (χ0n) is 10.3. The van der Waals surface area contributed by atoms with Gasteiger partial charge in [0.25, 0.3) is 0 Å². The number of nitriles is 1. The second-order valence-electron chi connectivity index (χ2n) is 4.84. The van der Waals surface area contributed by atoms with Gasteiger partial charge in [-0.1, -0.05) is 6.07 Å². The van der Waals surface area contributed by atoms with Gasteiger partial charge < -0.3 is 4.90 Å². The average Bonchev–Trinajstić information content (AvgIpc) is 2.28. The Kier molecular flexibility index (Phi) is 4.45. The fourth-order valence-corrected chi connectivity index (χ4v) is 1.41. The first-order valence-corrected chi connectivity index (χ1v) is 5.52. The van der Waals surface area contributed by atoms with Gasteiger partial charge in [-0.15, -0.1) is 0 Å². The standard InChI is InChI=1S/C13H19N3/c1-13(2,11-14)6-8-16(3)10-12-5-4-7-15-9-12/h4-5,7,9H,6,8,10H2,1-3H3.